The summed E-state index contributed by atoms with van der Waals surface area (Å²) >= 11 is 5.33. The van der Waals surface area contributed by atoms with Gasteiger partial charge in [0.25, 0.3) is 0 Å². The Balaban J connectivity index is 1.50. The van der Waals surface area contributed by atoms with Crippen molar-refractivity contribution < 1.29 is 4.79 Å². The number of nitrogens with one attached hydrogen (secondary N) is 1. The van der Waals surface area contributed by atoms with Crippen molar-refractivity contribution in [3.8, 4) is 0 Å². The molecular weight excluding hydrogens is 270 g/mol. The number of hydrogen-bond acceptors (Lipinski definition) is 3. The molecule has 1 aliphatic carbocycles. The molecule has 1 N–H and O–H groups in total. The molecule has 0 bridgehead atoms. The first kappa shape index (κ1) is 13.4. The lowest BCUT2D eigenvalue weighted by Gasteiger charge is -2.37. The molecule has 1 aliphatic heterocycles. The Morgan fingerprint density at radius 1 is 1.10 bits per heavy atom. The second-order valence-corrected chi connectivity index (χ2v) is 5.77. The van der Waals surface area contributed by atoms with Gasteiger partial charge in [0.1, 0.15) is 0 Å². The summed E-state index contributed by atoms with van der Waals surface area (Å²) in [4.78, 5) is 16.1. The number of benzene rings is 1. The molecule has 4 nitrogen and oxygen atoms in total. The summed E-state index contributed by atoms with van der Waals surface area (Å²) in [6, 6.07) is 10.4. The van der Waals surface area contributed by atoms with Crippen LogP contribution in [0.5, 0.6) is 0 Å². The minimum absolute atomic E-state index is 0.0977. The fraction of sp³-hybridized carbons (Fsp3) is 0.467. The number of carbonyl (C=O) groups excluding carboxylic acids is 1. The smallest absolute Gasteiger partial charge is 0.229 e. The lowest BCUT2D eigenvalue weighted by atomic mass is 10.2. The van der Waals surface area contributed by atoms with Crippen molar-refractivity contribution in [1.29, 1.82) is 0 Å². The third-order valence-electron chi connectivity index (χ3n) is 3.87. The summed E-state index contributed by atoms with van der Waals surface area (Å²) in [5.41, 5.74) is 1.25. The fourth-order valence-electron chi connectivity index (χ4n) is 2.44. The lowest BCUT2D eigenvalue weighted by molar-refractivity contribution is -0.120. The van der Waals surface area contributed by atoms with Crippen molar-refractivity contribution >= 4 is 28.9 Å². The molecule has 0 radical (unpaired) electrons. The van der Waals surface area contributed by atoms with Crippen LogP contribution in [0.1, 0.15) is 12.8 Å². The molecule has 0 aromatic heterocycles. The van der Waals surface area contributed by atoms with E-state index in [1.165, 1.54) is 5.69 Å². The van der Waals surface area contributed by atoms with Crippen LogP contribution < -0.4 is 10.2 Å². The van der Waals surface area contributed by atoms with Crippen molar-refractivity contribution in [2.45, 2.75) is 12.8 Å². The van der Waals surface area contributed by atoms with E-state index in [0.29, 0.717) is 5.11 Å². The quantitative estimate of drug-likeness (QED) is 0.839. The Hall–Kier alpha value is -1.62. The molecule has 20 heavy (non-hydrogen) atoms. The molecule has 1 heterocycles. The van der Waals surface area contributed by atoms with E-state index in [2.05, 4.69) is 39.4 Å². The van der Waals surface area contributed by atoms with E-state index in [4.69, 9.17) is 12.2 Å². The van der Waals surface area contributed by atoms with Gasteiger partial charge in [-0.1, -0.05) is 18.2 Å². The maximum absolute atomic E-state index is 11.7. The Kier molecular flexibility index (Phi) is 3.87. The average Bonchev–Trinajstić information content (AvgIpc) is 3.33. The highest BCUT2D eigenvalue weighted by Gasteiger charge is 2.31. The van der Waals surface area contributed by atoms with Gasteiger partial charge in [0.15, 0.2) is 5.11 Å². The van der Waals surface area contributed by atoms with Crippen LogP contribution in [0.3, 0.4) is 0 Å². The zero-order chi connectivity index (χ0) is 13.9. The van der Waals surface area contributed by atoms with Crippen molar-refractivity contribution in [3.63, 3.8) is 0 Å². The van der Waals surface area contributed by atoms with E-state index in [0.717, 1.165) is 39.0 Å². The largest absolute Gasteiger partial charge is 0.368 e. The third kappa shape index (κ3) is 3.10. The highest BCUT2D eigenvalue weighted by molar-refractivity contribution is 7.80. The average molecular weight is 289 g/mol. The Bertz CT molecular complexity index is 493. The zero-order valence-electron chi connectivity index (χ0n) is 11.4. The van der Waals surface area contributed by atoms with Gasteiger partial charge in [-0.15, -0.1) is 0 Å². The molecule has 1 aromatic carbocycles. The van der Waals surface area contributed by atoms with E-state index in [-0.39, 0.29) is 11.8 Å². The number of piperazine rings is 1. The van der Waals surface area contributed by atoms with E-state index >= 15 is 0 Å². The van der Waals surface area contributed by atoms with Crippen molar-refractivity contribution in [2.75, 3.05) is 31.1 Å². The highest BCUT2D eigenvalue weighted by Crippen LogP contribution is 2.28. The number of anilines is 1. The molecule has 1 amide bonds. The number of rotatable bonds is 2. The number of hydrogen-bond donors (Lipinski definition) is 1. The van der Waals surface area contributed by atoms with E-state index in [1.54, 1.807) is 0 Å². The maximum atomic E-state index is 11.7. The van der Waals surface area contributed by atoms with E-state index in [9.17, 15) is 4.79 Å². The number of para-hydroxylation sites is 1. The summed E-state index contributed by atoms with van der Waals surface area (Å²) in [7, 11) is 0. The Morgan fingerprint density at radius 3 is 2.35 bits per heavy atom. The van der Waals surface area contributed by atoms with Gasteiger partial charge >= 0.3 is 0 Å². The van der Waals surface area contributed by atoms with Crippen molar-refractivity contribution in [2.24, 2.45) is 5.92 Å². The molecule has 1 saturated carbocycles. The summed E-state index contributed by atoms with van der Waals surface area (Å²) in [6.07, 6.45) is 2.02. The number of amides is 1. The molecule has 0 spiro atoms. The summed E-state index contributed by atoms with van der Waals surface area (Å²) in [6.45, 7) is 3.59. The first-order valence-electron chi connectivity index (χ1n) is 7.14. The maximum Gasteiger partial charge on any atom is 0.229 e. The highest BCUT2D eigenvalue weighted by atomic mass is 32.1. The van der Waals surface area contributed by atoms with Crippen LogP contribution in [-0.4, -0.2) is 42.1 Å². The van der Waals surface area contributed by atoms with Crippen molar-refractivity contribution in [3.05, 3.63) is 30.3 Å². The SMILES string of the molecule is O=C(NC(=S)N1CCN(c2ccccc2)CC1)C1CC1. The fourth-order valence-corrected chi connectivity index (χ4v) is 2.72. The van der Waals surface area contributed by atoms with Crippen LogP contribution in [0.25, 0.3) is 0 Å². The van der Waals surface area contributed by atoms with Gasteiger partial charge in [0, 0.05) is 37.8 Å². The van der Waals surface area contributed by atoms with Crippen molar-refractivity contribution in [1.82, 2.24) is 10.2 Å². The Morgan fingerprint density at radius 2 is 1.75 bits per heavy atom. The first-order valence-corrected chi connectivity index (χ1v) is 7.54. The van der Waals surface area contributed by atoms with Gasteiger partial charge in [0.2, 0.25) is 5.91 Å². The molecule has 2 fully saturated rings. The molecule has 0 atom stereocenters. The number of carbonyl (C=O) groups is 1. The van der Waals surface area contributed by atoms with Gasteiger partial charge in [-0.05, 0) is 37.2 Å². The Labute approximate surface area is 124 Å². The van der Waals surface area contributed by atoms with Gasteiger partial charge in [-0.2, -0.15) is 0 Å². The minimum Gasteiger partial charge on any atom is -0.368 e. The second kappa shape index (κ2) is 5.79. The molecule has 106 valence electrons. The van der Waals surface area contributed by atoms with Crippen LogP contribution >= 0.6 is 12.2 Å². The predicted octanol–water partition coefficient (Wildman–Crippen LogP) is 1.62. The van der Waals surface area contributed by atoms with Crippen LogP contribution in [-0.2, 0) is 4.79 Å². The standard InChI is InChI=1S/C15H19N3OS/c19-14(12-6-7-12)16-15(20)18-10-8-17(9-11-18)13-4-2-1-3-5-13/h1-5,12H,6-11H2,(H,16,19,20). The number of thiocarbonyl (C=S) groups is 1. The molecular formula is C15H19N3OS. The van der Waals surface area contributed by atoms with Gasteiger partial charge in [-0.3, -0.25) is 4.79 Å². The summed E-state index contributed by atoms with van der Waals surface area (Å²) < 4.78 is 0. The molecule has 1 saturated heterocycles. The first-order chi connectivity index (χ1) is 9.74. The van der Waals surface area contributed by atoms with Crippen LogP contribution in [0.4, 0.5) is 5.69 Å². The second-order valence-electron chi connectivity index (χ2n) is 5.38. The molecule has 0 unspecified atom stereocenters. The van der Waals surface area contributed by atoms with Crippen LogP contribution in [0, 0.1) is 5.92 Å². The lowest BCUT2D eigenvalue weighted by Crippen LogP contribution is -2.52. The molecule has 5 heteroatoms. The van der Waals surface area contributed by atoms with Gasteiger partial charge in [-0.25, -0.2) is 0 Å². The van der Waals surface area contributed by atoms with Gasteiger partial charge in [0.05, 0.1) is 0 Å². The minimum atomic E-state index is 0.0977. The predicted molar refractivity (Wildman–Crippen MR) is 83.7 cm³/mol. The van der Waals surface area contributed by atoms with E-state index in [1.807, 2.05) is 6.07 Å². The van der Waals surface area contributed by atoms with E-state index < -0.39 is 0 Å². The number of nitrogens with zero attached hydrogens (tertiary/aromatic N) is 2. The normalized spacial score (nSPS) is 18.8. The topological polar surface area (TPSA) is 35.6 Å². The summed E-state index contributed by atoms with van der Waals surface area (Å²) in [5, 5.41) is 3.46. The molecule has 3 rings (SSSR count). The van der Waals surface area contributed by atoms with Crippen LogP contribution in [0.2, 0.25) is 0 Å². The monoisotopic (exact) mass is 289 g/mol. The van der Waals surface area contributed by atoms with Crippen LogP contribution in [0.15, 0.2) is 30.3 Å². The summed E-state index contributed by atoms with van der Waals surface area (Å²) in [5.74, 6) is 0.305. The molecule has 2 aliphatic rings. The third-order valence-corrected chi connectivity index (χ3v) is 4.23. The van der Waals surface area contributed by atoms with Gasteiger partial charge < -0.3 is 15.1 Å². The zero-order valence-corrected chi connectivity index (χ0v) is 12.2. The molecule has 1 aromatic rings.